The third kappa shape index (κ3) is 7.52. The summed E-state index contributed by atoms with van der Waals surface area (Å²) in [6, 6.07) is 15.1. The predicted molar refractivity (Wildman–Crippen MR) is 171 cm³/mol. The maximum Gasteiger partial charge on any atom is 0.253 e. The molecule has 3 amide bonds. The smallest absolute Gasteiger partial charge is 0.253 e. The maximum atomic E-state index is 13.5. The first-order chi connectivity index (χ1) is 20.3. The molecule has 1 N–H and O–H groups in total. The van der Waals surface area contributed by atoms with Gasteiger partial charge >= 0.3 is 0 Å². The van der Waals surface area contributed by atoms with E-state index in [1.54, 1.807) is 0 Å². The fourth-order valence-corrected chi connectivity index (χ4v) is 6.55. The fourth-order valence-electron chi connectivity index (χ4n) is 6.55. The van der Waals surface area contributed by atoms with Crippen molar-refractivity contribution < 1.29 is 19.1 Å². The van der Waals surface area contributed by atoms with E-state index in [0.29, 0.717) is 43.0 Å². The van der Waals surface area contributed by atoms with Crippen molar-refractivity contribution in [3.63, 3.8) is 0 Å². The number of benzene rings is 2. The lowest BCUT2D eigenvalue weighted by molar-refractivity contribution is -0.161. The molecule has 0 aromatic heterocycles. The molecule has 1 atom stereocenters. The molecule has 0 unspecified atom stereocenters. The number of hydrogen-bond acceptors (Lipinski definition) is 5. The molecular formula is C34H47ClN4O4. The Morgan fingerprint density at radius 2 is 1.56 bits per heavy atom. The maximum absolute atomic E-state index is 13.5. The number of amides is 3. The van der Waals surface area contributed by atoms with Gasteiger partial charge in [-0.2, -0.15) is 0 Å². The summed E-state index contributed by atoms with van der Waals surface area (Å²) in [5, 5.41) is 3.09. The molecule has 5 rings (SSSR count). The molecule has 0 aliphatic carbocycles. The lowest BCUT2D eigenvalue weighted by Gasteiger charge is -2.52. The zero-order chi connectivity index (χ0) is 29.7. The number of unbranched alkanes of at least 4 members (excludes halogenated alkanes) is 1. The third-order valence-electron chi connectivity index (χ3n) is 8.99. The van der Waals surface area contributed by atoms with Crippen LogP contribution in [0.1, 0.15) is 81.6 Å². The van der Waals surface area contributed by atoms with Crippen molar-refractivity contribution >= 4 is 30.1 Å². The summed E-state index contributed by atoms with van der Waals surface area (Å²) in [5.41, 5.74) is 1.14. The number of likely N-dealkylation sites (tertiary alicyclic amines) is 2. The van der Waals surface area contributed by atoms with Crippen LogP contribution in [-0.4, -0.2) is 76.7 Å². The standard InChI is InChI=1S/C34H46N4O4.ClH/c1-4-5-20-38-32(40)30(23-25(2)3)35-33(41)34(38)16-21-36(22-17-34)24-26-8-12-28(13-9-26)42-29-14-10-27(11-15-29)31(39)37-18-6-7-19-37;/h8-15,25,30H,4-7,16-24H2,1-3H3,(H,35,41);1H/t30-;/m0./s1. The highest BCUT2D eigenvalue weighted by atomic mass is 35.5. The second kappa shape index (κ2) is 14.6. The molecule has 3 fully saturated rings. The summed E-state index contributed by atoms with van der Waals surface area (Å²) in [6.45, 7) is 10.9. The van der Waals surface area contributed by atoms with Crippen molar-refractivity contribution in [2.75, 3.05) is 32.7 Å². The Kier molecular flexibility index (Phi) is 11.1. The Hall–Kier alpha value is -3.10. The molecule has 234 valence electrons. The second-order valence-electron chi connectivity index (χ2n) is 12.6. The average Bonchev–Trinajstić information content (AvgIpc) is 3.53. The molecule has 8 nitrogen and oxygen atoms in total. The summed E-state index contributed by atoms with van der Waals surface area (Å²) in [7, 11) is 0. The summed E-state index contributed by atoms with van der Waals surface area (Å²) >= 11 is 0. The second-order valence-corrected chi connectivity index (χ2v) is 12.6. The molecule has 3 aliphatic rings. The number of ether oxygens (including phenoxy) is 1. The quantitative estimate of drug-likeness (QED) is 0.376. The van der Waals surface area contributed by atoms with E-state index < -0.39 is 11.6 Å². The highest BCUT2D eigenvalue weighted by Crippen LogP contribution is 2.35. The zero-order valence-corrected chi connectivity index (χ0v) is 26.7. The van der Waals surface area contributed by atoms with Gasteiger partial charge in [0.25, 0.3) is 5.91 Å². The van der Waals surface area contributed by atoms with Crippen molar-refractivity contribution in [1.82, 2.24) is 20.0 Å². The molecule has 43 heavy (non-hydrogen) atoms. The Labute approximate surface area is 262 Å². The summed E-state index contributed by atoms with van der Waals surface area (Å²) in [5.74, 6) is 2.00. The Morgan fingerprint density at radius 3 is 2.14 bits per heavy atom. The Balaban J connectivity index is 0.00000423. The zero-order valence-electron chi connectivity index (χ0n) is 25.8. The SMILES string of the molecule is CCCCN1C(=O)[C@H](CC(C)C)NC(=O)C12CCN(Cc1ccc(Oc3ccc(C(=O)N4CCCC4)cc3)cc1)CC2.Cl. The predicted octanol–water partition coefficient (Wildman–Crippen LogP) is 5.64. The monoisotopic (exact) mass is 610 g/mol. The minimum Gasteiger partial charge on any atom is -0.457 e. The molecule has 3 saturated heterocycles. The Morgan fingerprint density at radius 1 is 0.953 bits per heavy atom. The van der Waals surface area contributed by atoms with E-state index in [1.165, 1.54) is 5.56 Å². The molecule has 0 bridgehead atoms. The van der Waals surface area contributed by atoms with Crippen molar-refractivity contribution in [2.24, 2.45) is 5.92 Å². The van der Waals surface area contributed by atoms with Crippen molar-refractivity contribution in [2.45, 2.75) is 83.8 Å². The summed E-state index contributed by atoms with van der Waals surface area (Å²) in [6.07, 6.45) is 6.05. The van der Waals surface area contributed by atoms with Crippen LogP contribution >= 0.6 is 12.4 Å². The minimum atomic E-state index is -0.734. The van der Waals surface area contributed by atoms with E-state index in [2.05, 4.69) is 43.1 Å². The molecule has 0 radical (unpaired) electrons. The number of piperidine rings is 1. The lowest BCUT2D eigenvalue weighted by Crippen LogP contribution is -2.73. The average molecular weight is 611 g/mol. The number of carbonyl (C=O) groups excluding carboxylic acids is 3. The molecule has 3 heterocycles. The largest absolute Gasteiger partial charge is 0.457 e. The van der Waals surface area contributed by atoms with Gasteiger partial charge in [0.2, 0.25) is 11.8 Å². The normalized spacial score (nSPS) is 20.3. The molecule has 9 heteroatoms. The number of halogens is 1. The van der Waals surface area contributed by atoms with Crippen LogP contribution < -0.4 is 10.1 Å². The number of nitrogens with zero attached hydrogens (tertiary/aromatic N) is 3. The van der Waals surface area contributed by atoms with E-state index >= 15 is 0 Å². The molecule has 3 aliphatic heterocycles. The van der Waals surface area contributed by atoms with Crippen molar-refractivity contribution in [3.05, 3.63) is 59.7 Å². The van der Waals surface area contributed by atoms with Crippen LogP contribution in [0, 0.1) is 5.92 Å². The van der Waals surface area contributed by atoms with E-state index in [4.69, 9.17) is 4.74 Å². The summed E-state index contributed by atoms with van der Waals surface area (Å²) < 4.78 is 6.04. The first kappa shape index (κ1) is 32.8. The van der Waals surface area contributed by atoms with E-state index in [0.717, 1.165) is 64.2 Å². The summed E-state index contributed by atoms with van der Waals surface area (Å²) in [4.78, 5) is 45.8. The van der Waals surface area contributed by atoms with Gasteiger partial charge in [-0.3, -0.25) is 19.3 Å². The number of piperazine rings is 1. The molecule has 2 aromatic carbocycles. The van der Waals surface area contributed by atoms with Crippen LogP contribution in [0.5, 0.6) is 11.5 Å². The number of nitrogens with one attached hydrogen (secondary N) is 1. The van der Waals surface area contributed by atoms with Crippen LogP contribution in [0.3, 0.4) is 0 Å². The van der Waals surface area contributed by atoms with Crippen molar-refractivity contribution in [3.8, 4) is 11.5 Å². The van der Waals surface area contributed by atoms with Gasteiger partial charge in [0, 0.05) is 44.8 Å². The van der Waals surface area contributed by atoms with Crippen LogP contribution in [-0.2, 0) is 16.1 Å². The number of carbonyl (C=O) groups is 3. The molecule has 0 saturated carbocycles. The van der Waals surface area contributed by atoms with Gasteiger partial charge in [0.1, 0.15) is 23.1 Å². The van der Waals surface area contributed by atoms with E-state index in [1.807, 2.05) is 46.2 Å². The van der Waals surface area contributed by atoms with Crippen LogP contribution in [0.4, 0.5) is 0 Å². The van der Waals surface area contributed by atoms with E-state index in [9.17, 15) is 14.4 Å². The van der Waals surface area contributed by atoms with Crippen LogP contribution in [0.25, 0.3) is 0 Å². The van der Waals surface area contributed by atoms with Gasteiger partial charge in [0.05, 0.1) is 0 Å². The molecule has 2 aromatic rings. The van der Waals surface area contributed by atoms with Gasteiger partial charge in [0.15, 0.2) is 0 Å². The highest BCUT2D eigenvalue weighted by Gasteiger charge is 2.53. The van der Waals surface area contributed by atoms with Gasteiger partial charge < -0.3 is 19.9 Å². The van der Waals surface area contributed by atoms with Crippen molar-refractivity contribution in [1.29, 1.82) is 0 Å². The van der Waals surface area contributed by atoms with Gasteiger partial charge in [-0.05, 0) is 86.4 Å². The van der Waals surface area contributed by atoms with Gasteiger partial charge in [-0.25, -0.2) is 0 Å². The van der Waals surface area contributed by atoms with E-state index in [-0.39, 0.29) is 30.1 Å². The number of hydrogen-bond donors (Lipinski definition) is 1. The fraction of sp³-hybridized carbons (Fsp3) is 0.559. The first-order valence-corrected chi connectivity index (χ1v) is 15.8. The molecular weight excluding hydrogens is 564 g/mol. The minimum absolute atomic E-state index is 0. The first-order valence-electron chi connectivity index (χ1n) is 15.8. The van der Waals surface area contributed by atoms with Crippen LogP contribution in [0.15, 0.2) is 48.5 Å². The number of rotatable bonds is 10. The van der Waals surface area contributed by atoms with Gasteiger partial charge in [-0.1, -0.05) is 39.3 Å². The lowest BCUT2D eigenvalue weighted by atomic mass is 9.80. The molecule has 1 spiro atoms. The Bertz CT molecular complexity index is 1240. The topological polar surface area (TPSA) is 82.2 Å². The third-order valence-corrected chi connectivity index (χ3v) is 8.99. The van der Waals surface area contributed by atoms with Crippen LogP contribution in [0.2, 0.25) is 0 Å². The van der Waals surface area contributed by atoms with Gasteiger partial charge in [-0.15, -0.1) is 12.4 Å². The highest BCUT2D eigenvalue weighted by molar-refractivity contribution is 6.00.